The third-order valence-corrected chi connectivity index (χ3v) is 7.63. The van der Waals surface area contributed by atoms with Gasteiger partial charge in [-0.3, -0.25) is 9.78 Å². The van der Waals surface area contributed by atoms with Crippen LogP contribution in [0.5, 0.6) is 0 Å². The van der Waals surface area contributed by atoms with Gasteiger partial charge in [-0.25, -0.2) is 14.0 Å². The highest BCUT2D eigenvalue weighted by Gasteiger charge is 2.35. The number of aliphatic carboxylic acids is 2. The van der Waals surface area contributed by atoms with Crippen LogP contribution >= 0.6 is 0 Å². The number of hydrogen-bond donors (Lipinski definition) is 5. The second kappa shape index (κ2) is 13.9. The number of aliphatic hydroxyl groups is 2. The first kappa shape index (κ1) is 31.3. The number of aromatic nitrogens is 1. The summed E-state index contributed by atoms with van der Waals surface area (Å²) in [7, 11) is 0. The lowest BCUT2D eigenvalue weighted by Gasteiger charge is -2.38. The number of piperidine rings is 1. The Morgan fingerprint density at radius 1 is 1.15 bits per heavy atom. The monoisotopic (exact) mass is 563 g/mol. The lowest BCUT2D eigenvalue weighted by molar-refractivity contribution is -0.165. The van der Waals surface area contributed by atoms with Crippen molar-refractivity contribution in [2.45, 2.75) is 63.3 Å². The summed E-state index contributed by atoms with van der Waals surface area (Å²) in [5.74, 6) is -2.89. The zero-order valence-electron chi connectivity index (χ0n) is 22.6. The van der Waals surface area contributed by atoms with Gasteiger partial charge in [0.1, 0.15) is 5.67 Å². The number of aliphatic hydroxyl groups excluding tert-OH is 2. The predicted molar refractivity (Wildman–Crippen MR) is 145 cm³/mol. The summed E-state index contributed by atoms with van der Waals surface area (Å²) < 4.78 is 20.2. The van der Waals surface area contributed by atoms with Crippen LogP contribution in [0.15, 0.2) is 24.4 Å². The van der Waals surface area contributed by atoms with Crippen LogP contribution in [0.4, 0.5) is 10.1 Å². The van der Waals surface area contributed by atoms with Gasteiger partial charge in [-0.2, -0.15) is 0 Å². The summed E-state index contributed by atoms with van der Waals surface area (Å²) in [4.78, 5) is 39.2. The smallest absolute Gasteiger partial charge is 0.335 e. The number of nitrogens with zero attached hydrogens (tertiary/aromatic N) is 2. The van der Waals surface area contributed by atoms with Gasteiger partial charge in [0.25, 0.3) is 0 Å². The highest BCUT2D eigenvalue weighted by atomic mass is 19.1. The molecular weight excluding hydrogens is 525 g/mol. The van der Waals surface area contributed by atoms with Crippen LogP contribution in [0.2, 0.25) is 0 Å². The average Bonchev–Trinajstić information content (AvgIpc) is 2.94. The van der Waals surface area contributed by atoms with Gasteiger partial charge in [0.2, 0.25) is 0 Å². The number of carboxylic acid groups (broad SMARTS) is 2. The number of Topliss-reactive ketones (excluding diaryl/α,β-unsaturated/α-hetero) is 1. The van der Waals surface area contributed by atoms with Gasteiger partial charge in [0.15, 0.2) is 18.0 Å². The molecule has 0 amide bonds. The number of fused-ring (bicyclic) bond motifs is 1. The fourth-order valence-corrected chi connectivity index (χ4v) is 5.09. The maximum atomic E-state index is 14.9. The first-order chi connectivity index (χ1) is 18.9. The second-order valence-corrected chi connectivity index (χ2v) is 10.6. The van der Waals surface area contributed by atoms with Gasteiger partial charge in [-0.15, -0.1) is 0 Å². The number of carbonyl (C=O) groups is 3. The number of carbonyl (C=O) groups excluding carboxylic acids is 1. The van der Waals surface area contributed by atoms with Gasteiger partial charge < -0.3 is 35.8 Å². The van der Waals surface area contributed by atoms with Crippen molar-refractivity contribution in [1.82, 2.24) is 9.88 Å². The number of likely N-dealkylation sites (tertiary alicyclic amines) is 1. The Morgan fingerprint density at radius 2 is 1.75 bits per heavy atom. The number of carboxylic acids is 2. The summed E-state index contributed by atoms with van der Waals surface area (Å²) in [6, 6.07) is 5.65. The molecule has 4 rings (SSSR count). The number of hydrogen-bond acceptors (Lipinski definition) is 9. The van der Waals surface area contributed by atoms with E-state index in [1.165, 1.54) is 0 Å². The van der Waals surface area contributed by atoms with Crippen LogP contribution in [-0.2, 0) is 14.3 Å². The maximum absolute atomic E-state index is 14.9. The van der Waals surface area contributed by atoms with Gasteiger partial charge in [-0.05, 0) is 69.0 Å². The lowest BCUT2D eigenvalue weighted by Crippen LogP contribution is -2.46. The number of alkyl halides is 1. The summed E-state index contributed by atoms with van der Waals surface area (Å²) in [6.45, 7) is 5.34. The van der Waals surface area contributed by atoms with Crippen LogP contribution in [0, 0.1) is 12.8 Å². The zero-order valence-corrected chi connectivity index (χ0v) is 22.6. The van der Waals surface area contributed by atoms with Crippen molar-refractivity contribution in [1.29, 1.82) is 0 Å². The Balaban J connectivity index is 0.000000378. The number of halogens is 1. The largest absolute Gasteiger partial charge is 0.479 e. The third-order valence-electron chi connectivity index (χ3n) is 7.63. The van der Waals surface area contributed by atoms with Crippen molar-refractivity contribution < 1.29 is 43.9 Å². The molecule has 3 heterocycles. The number of aryl methyl sites for hydroxylation is 1. The average molecular weight is 564 g/mol. The molecule has 40 heavy (non-hydrogen) atoms. The first-order valence-corrected chi connectivity index (χ1v) is 13.4. The van der Waals surface area contributed by atoms with Crippen LogP contribution in [0.1, 0.15) is 54.4 Å². The van der Waals surface area contributed by atoms with Gasteiger partial charge >= 0.3 is 11.9 Å². The van der Waals surface area contributed by atoms with E-state index < -0.39 is 29.8 Å². The van der Waals surface area contributed by atoms with Crippen LogP contribution in [0.3, 0.4) is 0 Å². The fourth-order valence-electron chi connectivity index (χ4n) is 5.09. The molecule has 220 valence electrons. The van der Waals surface area contributed by atoms with Crippen LogP contribution < -0.4 is 5.73 Å². The molecule has 1 aromatic carbocycles. The van der Waals surface area contributed by atoms with Crippen molar-refractivity contribution in [3.63, 3.8) is 0 Å². The van der Waals surface area contributed by atoms with E-state index in [0.29, 0.717) is 61.7 Å². The topological polar surface area (TPSA) is 184 Å². The van der Waals surface area contributed by atoms with Crippen molar-refractivity contribution in [2.75, 3.05) is 38.6 Å². The molecule has 2 aromatic rings. The molecule has 6 N–H and O–H groups in total. The highest BCUT2D eigenvalue weighted by Crippen LogP contribution is 2.31. The number of benzene rings is 1. The van der Waals surface area contributed by atoms with Crippen molar-refractivity contribution in [3.8, 4) is 0 Å². The Labute approximate surface area is 231 Å². The normalized spacial score (nSPS) is 19.3. The zero-order chi connectivity index (χ0) is 29.4. The van der Waals surface area contributed by atoms with Gasteiger partial charge in [0, 0.05) is 61.9 Å². The van der Waals surface area contributed by atoms with E-state index in [2.05, 4.69) is 9.88 Å². The molecule has 0 radical (unpaired) electrons. The quantitative estimate of drug-likeness (QED) is 0.223. The number of pyridine rings is 1. The summed E-state index contributed by atoms with van der Waals surface area (Å²) >= 11 is 0. The van der Waals surface area contributed by atoms with E-state index in [-0.39, 0.29) is 5.78 Å². The second-order valence-electron chi connectivity index (χ2n) is 10.6. The molecule has 2 fully saturated rings. The van der Waals surface area contributed by atoms with Crippen molar-refractivity contribution in [3.05, 3.63) is 35.5 Å². The Hall–Kier alpha value is -3.19. The van der Waals surface area contributed by atoms with Crippen LogP contribution in [-0.4, -0.2) is 98.8 Å². The van der Waals surface area contributed by atoms with E-state index in [1.54, 1.807) is 6.20 Å². The van der Waals surface area contributed by atoms with Crippen molar-refractivity contribution in [2.24, 2.45) is 5.92 Å². The molecule has 2 atom stereocenters. The molecule has 0 spiro atoms. The maximum Gasteiger partial charge on any atom is 0.335 e. The fraction of sp³-hybridized carbons (Fsp3) is 0.571. The molecule has 0 aliphatic carbocycles. The van der Waals surface area contributed by atoms with E-state index in [4.69, 9.17) is 30.9 Å². The Bertz CT molecular complexity index is 1180. The van der Waals surface area contributed by atoms with Gasteiger partial charge in [0.05, 0.1) is 5.52 Å². The minimum Gasteiger partial charge on any atom is -0.479 e. The summed E-state index contributed by atoms with van der Waals surface area (Å²) in [6.07, 6.45) is 1.63. The number of anilines is 1. The highest BCUT2D eigenvalue weighted by molar-refractivity contribution is 6.10. The number of ether oxygens (including phenoxy) is 1. The number of ketones is 1. The standard InChI is InChI=1S/C24H32FN3O2.C4H6O6/c1-17-15-20(23-19(22(17)26)3-2-10-27-23)21(29)5-4-18-6-11-28(12-7-18)16-24(25)8-13-30-14-9-24;5-1(3(7)8)2(6)4(9)10/h2-3,10,15,18H,4-9,11-14,16,26H2,1H3;1-2,5-6H,(H,7,8)(H,9,10). The molecular formula is C28H38FN3O8. The molecule has 2 saturated heterocycles. The van der Waals surface area contributed by atoms with E-state index in [9.17, 15) is 18.8 Å². The predicted octanol–water partition coefficient (Wildman–Crippen LogP) is 2.20. The minimum atomic E-state index is -2.27. The molecule has 12 heteroatoms. The van der Waals surface area contributed by atoms with Crippen LogP contribution in [0.25, 0.3) is 10.9 Å². The molecule has 0 bridgehead atoms. The summed E-state index contributed by atoms with van der Waals surface area (Å²) in [5.41, 5.74) is 8.07. The molecule has 2 aliphatic rings. The molecule has 11 nitrogen and oxygen atoms in total. The third kappa shape index (κ3) is 8.17. The Kier molecular flexibility index (Phi) is 10.9. The van der Waals surface area contributed by atoms with E-state index in [0.717, 1.165) is 43.3 Å². The molecule has 2 unspecified atom stereocenters. The molecule has 0 saturated carbocycles. The van der Waals surface area contributed by atoms with Gasteiger partial charge in [-0.1, -0.05) is 0 Å². The minimum absolute atomic E-state index is 0.133. The number of nitrogens with two attached hydrogens (primary N) is 1. The van der Waals surface area contributed by atoms with E-state index >= 15 is 0 Å². The molecule has 2 aliphatic heterocycles. The number of nitrogen functional groups attached to an aromatic ring is 1. The molecule has 1 aromatic heterocycles. The Morgan fingerprint density at radius 3 is 2.33 bits per heavy atom. The lowest BCUT2D eigenvalue weighted by atomic mass is 9.88. The van der Waals surface area contributed by atoms with E-state index in [1.807, 2.05) is 25.1 Å². The number of rotatable bonds is 9. The summed E-state index contributed by atoms with van der Waals surface area (Å²) in [5, 5.41) is 33.4. The first-order valence-electron chi connectivity index (χ1n) is 13.4. The SMILES string of the molecule is Cc1cc(C(=O)CCC2CCN(CC3(F)CCOCC3)CC2)c2ncccc2c1N.O=C(O)C(O)C(O)C(=O)O. The van der Waals surface area contributed by atoms with Crippen molar-refractivity contribution >= 4 is 34.3 Å².